The van der Waals surface area contributed by atoms with Gasteiger partial charge in [-0.2, -0.15) is 13.2 Å². The van der Waals surface area contributed by atoms with Gasteiger partial charge in [0.05, 0.1) is 9.89 Å². The van der Waals surface area contributed by atoms with Crippen molar-refractivity contribution in [3.8, 4) is 5.75 Å². The summed E-state index contributed by atoms with van der Waals surface area (Å²) in [5, 5.41) is 3.01. The fourth-order valence-electron chi connectivity index (χ4n) is 3.31. The van der Waals surface area contributed by atoms with Crippen molar-refractivity contribution in [3.05, 3.63) is 40.4 Å². The summed E-state index contributed by atoms with van der Waals surface area (Å²) in [7, 11) is 0. The van der Waals surface area contributed by atoms with Gasteiger partial charge in [0.25, 0.3) is 0 Å². The molecule has 1 atom stereocenters. The first-order valence-corrected chi connectivity index (χ1v) is 8.82. The molecule has 1 aromatic rings. The first-order valence-electron chi connectivity index (χ1n) is 8.03. The molecule has 1 aliphatic rings. The van der Waals surface area contributed by atoms with Crippen LogP contribution in [0.15, 0.2) is 29.3 Å². The molecule has 1 heterocycles. The normalized spacial score (nSPS) is 20.8. The summed E-state index contributed by atoms with van der Waals surface area (Å²) < 4.78 is 46.2. The summed E-state index contributed by atoms with van der Waals surface area (Å²) in [5.74, 6) is -1.72. The largest absolute Gasteiger partial charge is 0.488 e. The lowest BCUT2D eigenvalue weighted by Crippen LogP contribution is -2.53. The molecule has 0 aliphatic carbocycles. The van der Waals surface area contributed by atoms with E-state index < -0.39 is 23.3 Å². The Hall–Kier alpha value is -1.34. The van der Waals surface area contributed by atoms with Crippen LogP contribution in [-0.2, 0) is 16.6 Å². The highest BCUT2D eigenvalue weighted by Gasteiger charge is 2.56. The summed E-state index contributed by atoms with van der Waals surface area (Å²) in [6, 6.07) is 3.32. The molecule has 3 nitrogen and oxygen atoms in total. The SMILES string of the molecule is C=CCOc1cc2c(cc1Br)C(C(=O)C(F)(F)F)(C(C)C)CNCC2. The molecule has 0 aromatic heterocycles. The van der Waals surface area contributed by atoms with Gasteiger partial charge in [0.1, 0.15) is 12.4 Å². The molecule has 0 radical (unpaired) electrons. The van der Waals surface area contributed by atoms with Gasteiger partial charge in [-0.25, -0.2) is 0 Å². The lowest BCUT2D eigenvalue weighted by molar-refractivity contribution is -0.179. The molecular weight excluding hydrogens is 399 g/mol. The number of benzene rings is 1. The van der Waals surface area contributed by atoms with Gasteiger partial charge >= 0.3 is 6.18 Å². The molecule has 138 valence electrons. The first kappa shape index (κ1) is 20.0. The highest BCUT2D eigenvalue weighted by atomic mass is 79.9. The standard InChI is InChI=1S/C18H21BrF3NO2/c1-4-7-25-15-8-12-5-6-23-10-17(11(2)3,13(12)9-14(15)19)16(24)18(20,21)22/h4,8-9,11,23H,1,5-7,10H2,2-3H3. The number of ketones is 1. The zero-order valence-electron chi connectivity index (χ0n) is 14.2. The number of ether oxygens (including phenoxy) is 1. The van der Waals surface area contributed by atoms with Crippen molar-refractivity contribution in [2.75, 3.05) is 19.7 Å². The third kappa shape index (κ3) is 3.77. The molecule has 1 N–H and O–H groups in total. The molecule has 0 bridgehead atoms. The van der Waals surface area contributed by atoms with E-state index in [1.54, 1.807) is 32.1 Å². The van der Waals surface area contributed by atoms with Gasteiger partial charge < -0.3 is 10.1 Å². The maximum atomic E-state index is 13.4. The fraction of sp³-hybridized carbons (Fsp3) is 0.500. The Kier molecular flexibility index (Phi) is 5.99. The summed E-state index contributed by atoms with van der Waals surface area (Å²) in [5.41, 5.74) is -0.560. The van der Waals surface area contributed by atoms with E-state index in [0.717, 1.165) is 0 Å². The highest BCUT2D eigenvalue weighted by Crippen LogP contribution is 2.44. The molecule has 0 fully saturated rings. The van der Waals surface area contributed by atoms with Crippen molar-refractivity contribution in [2.24, 2.45) is 5.92 Å². The molecule has 25 heavy (non-hydrogen) atoms. The van der Waals surface area contributed by atoms with Crippen LogP contribution in [0, 0.1) is 5.92 Å². The maximum Gasteiger partial charge on any atom is 0.450 e. The minimum absolute atomic E-state index is 0.0463. The van der Waals surface area contributed by atoms with Crippen LogP contribution in [0.5, 0.6) is 5.75 Å². The van der Waals surface area contributed by atoms with Crippen LogP contribution in [0.4, 0.5) is 13.2 Å². The van der Waals surface area contributed by atoms with Crippen molar-refractivity contribution in [1.29, 1.82) is 0 Å². The van der Waals surface area contributed by atoms with Crippen molar-refractivity contribution < 1.29 is 22.7 Å². The zero-order valence-corrected chi connectivity index (χ0v) is 15.8. The average Bonchev–Trinajstić information content (AvgIpc) is 2.71. The first-order chi connectivity index (χ1) is 11.6. The molecule has 0 saturated heterocycles. The quantitative estimate of drug-likeness (QED) is 0.727. The van der Waals surface area contributed by atoms with Gasteiger partial charge in [-0.05, 0) is 58.1 Å². The molecule has 2 rings (SSSR count). The van der Waals surface area contributed by atoms with Gasteiger partial charge in [0.2, 0.25) is 5.78 Å². The third-order valence-electron chi connectivity index (χ3n) is 4.62. The molecule has 1 aromatic carbocycles. The molecule has 7 heteroatoms. The molecule has 0 spiro atoms. The Labute approximate surface area is 153 Å². The summed E-state index contributed by atoms with van der Waals surface area (Å²) in [6.45, 7) is 7.62. The summed E-state index contributed by atoms with van der Waals surface area (Å²) >= 11 is 3.36. The van der Waals surface area contributed by atoms with Crippen LogP contribution >= 0.6 is 15.9 Å². The average molecular weight is 420 g/mol. The van der Waals surface area contributed by atoms with Gasteiger partial charge in [0, 0.05) is 6.54 Å². The Morgan fingerprint density at radius 2 is 2.16 bits per heavy atom. The van der Waals surface area contributed by atoms with Crippen LogP contribution in [-0.4, -0.2) is 31.7 Å². The smallest absolute Gasteiger partial charge is 0.450 e. The Morgan fingerprint density at radius 3 is 2.72 bits per heavy atom. The van der Waals surface area contributed by atoms with Crippen LogP contribution < -0.4 is 10.1 Å². The van der Waals surface area contributed by atoms with E-state index in [2.05, 4.69) is 27.8 Å². The Balaban J connectivity index is 2.67. The number of halogens is 4. The summed E-state index contributed by atoms with van der Waals surface area (Å²) in [4.78, 5) is 12.4. The number of alkyl halides is 3. The van der Waals surface area contributed by atoms with Crippen LogP contribution in [0.25, 0.3) is 0 Å². The topological polar surface area (TPSA) is 38.3 Å². The van der Waals surface area contributed by atoms with Gasteiger partial charge in [0.15, 0.2) is 0 Å². The molecule has 0 saturated carbocycles. The predicted molar refractivity (Wildman–Crippen MR) is 94.0 cm³/mol. The van der Waals surface area contributed by atoms with E-state index in [1.807, 2.05) is 0 Å². The number of nitrogens with one attached hydrogen (secondary N) is 1. The fourth-order valence-corrected chi connectivity index (χ4v) is 3.77. The zero-order chi connectivity index (χ0) is 18.8. The number of fused-ring (bicyclic) bond motifs is 1. The van der Waals surface area contributed by atoms with Gasteiger partial charge in [-0.15, -0.1) is 0 Å². The van der Waals surface area contributed by atoms with Crippen molar-refractivity contribution in [2.45, 2.75) is 31.9 Å². The van der Waals surface area contributed by atoms with E-state index in [1.165, 1.54) is 0 Å². The lowest BCUT2D eigenvalue weighted by atomic mass is 9.67. The van der Waals surface area contributed by atoms with Gasteiger partial charge in [-0.1, -0.05) is 26.5 Å². The predicted octanol–water partition coefficient (Wildman–Crippen LogP) is 4.18. The third-order valence-corrected chi connectivity index (χ3v) is 5.24. The van der Waals surface area contributed by atoms with Gasteiger partial charge in [-0.3, -0.25) is 4.79 Å². The van der Waals surface area contributed by atoms with Crippen LogP contribution in [0.1, 0.15) is 25.0 Å². The minimum Gasteiger partial charge on any atom is -0.488 e. The molecule has 1 unspecified atom stereocenters. The second-order valence-electron chi connectivity index (χ2n) is 6.42. The van der Waals surface area contributed by atoms with Crippen molar-refractivity contribution >= 4 is 21.7 Å². The molecular formula is C18H21BrF3NO2. The van der Waals surface area contributed by atoms with Crippen LogP contribution in [0.3, 0.4) is 0 Å². The number of hydrogen-bond acceptors (Lipinski definition) is 3. The highest BCUT2D eigenvalue weighted by molar-refractivity contribution is 9.10. The summed E-state index contributed by atoms with van der Waals surface area (Å²) in [6.07, 6.45) is -2.80. The number of carbonyl (C=O) groups excluding carboxylic acids is 1. The number of Topliss-reactive ketones (excluding diaryl/α,β-unsaturated/α-hetero) is 1. The van der Waals surface area contributed by atoms with E-state index in [4.69, 9.17) is 4.74 Å². The second-order valence-corrected chi connectivity index (χ2v) is 7.27. The van der Waals surface area contributed by atoms with Crippen LogP contribution in [0.2, 0.25) is 0 Å². The second kappa shape index (κ2) is 7.50. The van der Waals surface area contributed by atoms with E-state index in [-0.39, 0.29) is 13.2 Å². The molecule has 1 aliphatic heterocycles. The van der Waals surface area contributed by atoms with Crippen molar-refractivity contribution in [1.82, 2.24) is 5.32 Å². The number of rotatable bonds is 5. The van der Waals surface area contributed by atoms with Crippen molar-refractivity contribution in [3.63, 3.8) is 0 Å². The Bertz CT molecular complexity index is 673. The minimum atomic E-state index is -4.90. The van der Waals surface area contributed by atoms with E-state index >= 15 is 0 Å². The Morgan fingerprint density at radius 1 is 1.48 bits per heavy atom. The number of carbonyl (C=O) groups is 1. The maximum absolute atomic E-state index is 13.4. The van der Waals surface area contributed by atoms with E-state index in [0.29, 0.717) is 34.3 Å². The monoisotopic (exact) mass is 419 g/mol. The molecule has 0 amide bonds. The van der Waals surface area contributed by atoms with E-state index in [9.17, 15) is 18.0 Å². The lowest BCUT2D eigenvalue weighted by Gasteiger charge is -2.37. The number of hydrogen-bond donors (Lipinski definition) is 1.